The molecule has 0 amide bonds. The van der Waals surface area contributed by atoms with Crippen LogP contribution in [0.4, 0.5) is 20.5 Å². The number of rotatable bonds is 4. The Bertz CT molecular complexity index is 1240. The van der Waals surface area contributed by atoms with E-state index in [2.05, 4.69) is 42.8 Å². The van der Waals surface area contributed by atoms with E-state index in [0.29, 0.717) is 17.4 Å². The number of aryl methyl sites for hydroxylation is 1. The quantitative estimate of drug-likeness (QED) is 0.393. The molecule has 37 heavy (non-hydrogen) atoms. The summed E-state index contributed by atoms with van der Waals surface area (Å²) in [6.45, 7) is 14.1. The number of nitrogens with zero attached hydrogens (tertiary/aromatic N) is 5. The van der Waals surface area contributed by atoms with Crippen LogP contribution < -0.4 is 10.6 Å². The van der Waals surface area contributed by atoms with E-state index in [1.54, 1.807) is 0 Å². The highest BCUT2D eigenvalue weighted by Crippen LogP contribution is 2.45. The van der Waals surface area contributed by atoms with Crippen LogP contribution in [0, 0.1) is 18.3 Å². The Morgan fingerprint density at radius 2 is 1.81 bits per heavy atom. The number of fused-ring (bicyclic) bond motifs is 1. The summed E-state index contributed by atoms with van der Waals surface area (Å²) in [4.78, 5) is 13.6. The monoisotopic (exact) mass is 511 g/mol. The second-order valence-corrected chi connectivity index (χ2v) is 10.8. The van der Waals surface area contributed by atoms with Crippen molar-refractivity contribution < 1.29 is 8.78 Å². The van der Waals surface area contributed by atoms with Crippen LogP contribution in [0.25, 0.3) is 16.6 Å². The highest BCUT2D eigenvalue weighted by Gasteiger charge is 2.48. The largest absolute Gasteiger partial charge is 0.350 e. The number of nitrogens with one attached hydrogen (secondary N) is 2. The first-order valence-corrected chi connectivity index (χ1v) is 13.3. The zero-order valence-corrected chi connectivity index (χ0v) is 22.8. The van der Waals surface area contributed by atoms with Crippen molar-refractivity contribution >= 4 is 23.0 Å². The summed E-state index contributed by atoms with van der Waals surface area (Å²) in [7, 11) is 0. The van der Waals surface area contributed by atoms with Crippen molar-refractivity contribution in [3.63, 3.8) is 0 Å². The summed E-state index contributed by atoms with van der Waals surface area (Å²) in [6, 6.07) is 4.67. The van der Waals surface area contributed by atoms with Gasteiger partial charge in [-0.05, 0) is 62.6 Å². The molecule has 4 heterocycles. The van der Waals surface area contributed by atoms with Crippen molar-refractivity contribution in [2.45, 2.75) is 79.2 Å². The third-order valence-corrected chi connectivity index (χ3v) is 7.09. The van der Waals surface area contributed by atoms with E-state index in [1.165, 1.54) is 12.8 Å². The first-order chi connectivity index (χ1) is 17.6. The molecule has 3 aromatic rings. The van der Waals surface area contributed by atoms with Gasteiger partial charge in [0.2, 0.25) is 11.9 Å². The standard InChI is InChI=1S/C21H25N7.C5H8F2.C2H6/c1-13(2)25-19-14(3)6-15(9-23-19)17-4-5-28-18(17)10-24-20(27-28)26-16-7-21(8-16)11-22-12-21;1-4-2-5(6,7)3-4;1-2/h4-6,9-10,16,22H,7-8,11-12H2,1-3H3,(H,26,27);4H,2-3H2,1H3;1-2H3. The topological polar surface area (TPSA) is 79.5 Å². The first kappa shape index (κ1) is 27.1. The Morgan fingerprint density at radius 1 is 1.11 bits per heavy atom. The van der Waals surface area contributed by atoms with Crippen molar-refractivity contribution in [1.29, 1.82) is 0 Å². The molecule has 2 aliphatic carbocycles. The molecular weight excluding hydrogens is 472 g/mol. The second kappa shape index (κ2) is 10.8. The fourth-order valence-corrected chi connectivity index (χ4v) is 5.25. The molecule has 3 aromatic heterocycles. The number of hydrogen-bond donors (Lipinski definition) is 2. The molecule has 0 bridgehead atoms. The van der Waals surface area contributed by atoms with Crippen molar-refractivity contribution in [2.24, 2.45) is 16.3 Å². The molecule has 0 radical (unpaired) electrons. The first-order valence-electron chi connectivity index (χ1n) is 13.3. The fourth-order valence-electron chi connectivity index (χ4n) is 5.25. The third kappa shape index (κ3) is 6.14. The van der Waals surface area contributed by atoms with Gasteiger partial charge in [-0.2, -0.15) is 0 Å². The van der Waals surface area contributed by atoms with E-state index in [1.807, 2.05) is 64.6 Å². The van der Waals surface area contributed by atoms with Gasteiger partial charge < -0.3 is 10.6 Å². The Morgan fingerprint density at radius 3 is 2.32 bits per heavy atom. The van der Waals surface area contributed by atoms with Gasteiger partial charge in [0.25, 0.3) is 0 Å². The van der Waals surface area contributed by atoms with E-state index in [0.717, 1.165) is 46.8 Å². The van der Waals surface area contributed by atoms with Crippen LogP contribution in [0.2, 0.25) is 0 Å². The number of halogens is 2. The minimum atomic E-state index is -2.31. The average molecular weight is 512 g/mol. The molecule has 2 N–H and O–H groups in total. The van der Waals surface area contributed by atoms with Gasteiger partial charge in [-0.25, -0.2) is 28.3 Å². The number of aliphatic imine (C=N–C) groups is 1. The molecule has 1 spiro atoms. The molecule has 200 valence electrons. The van der Waals surface area contributed by atoms with Crippen LogP contribution >= 0.6 is 0 Å². The minimum absolute atomic E-state index is 0.104. The third-order valence-electron chi connectivity index (χ3n) is 7.09. The molecule has 0 atom stereocenters. The Balaban J connectivity index is 0.000000305. The Labute approximate surface area is 218 Å². The normalized spacial score (nSPS) is 19.4. The maximum atomic E-state index is 11.8. The van der Waals surface area contributed by atoms with Crippen LogP contribution in [-0.4, -0.2) is 50.3 Å². The Hall–Kier alpha value is -2.94. The number of hydrogen-bond acceptors (Lipinski definition) is 6. The van der Waals surface area contributed by atoms with Gasteiger partial charge in [0.15, 0.2) is 5.82 Å². The summed E-state index contributed by atoms with van der Waals surface area (Å²) in [5.74, 6) is -0.580. The minimum Gasteiger partial charge on any atom is -0.350 e. The van der Waals surface area contributed by atoms with E-state index < -0.39 is 5.92 Å². The zero-order valence-electron chi connectivity index (χ0n) is 22.8. The molecule has 3 aliphatic rings. The maximum Gasteiger partial charge on any atom is 0.248 e. The number of pyridine rings is 1. The maximum absolute atomic E-state index is 11.8. The van der Waals surface area contributed by atoms with Crippen LogP contribution in [0.5, 0.6) is 0 Å². The number of alkyl halides is 2. The predicted molar refractivity (Wildman–Crippen MR) is 146 cm³/mol. The molecular formula is C28H39F2N7. The Kier molecular flexibility index (Phi) is 7.92. The van der Waals surface area contributed by atoms with Gasteiger partial charge in [0.05, 0.1) is 11.7 Å². The van der Waals surface area contributed by atoms with Gasteiger partial charge in [-0.1, -0.05) is 20.8 Å². The molecule has 3 fully saturated rings. The molecule has 7 nitrogen and oxygen atoms in total. The lowest BCUT2D eigenvalue weighted by Crippen LogP contribution is -2.63. The summed E-state index contributed by atoms with van der Waals surface area (Å²) in [5.41, 5.74) is 5.70. The van der Waals surface area contributed by atoms with Gasteiger partial charge >= 0.3 is 0 Å². The van der Waals surface area contributed by atoms with Crippen molar-refractivity contribution in [3.8, 4) is 11.1 Å². The van der Waals surface area contributed by atoms with Gasteiger partial charge in [0, 0.05) is 61.2 Å². The van der Waals surface area contributed by atoms with Crippen molar-refractivity contribution in [2.75, 3.05) is 18.4 Å². The zero-order chi connectivity index (χ0) is 26.8. The highest BCUT2D eigenvalue weighted by atomic mass is 19.3. The molecule has 6 rings (SSSR count). The van der Waals surface area contributed by atoms with Crippen molar-refractivity contribution in [1.82, 2.24) is 24.9 Å². The lowest BCUT2D eigenvalue weighted by molar-refractivity contribution is -0.104. The van der Waals surface area contributed by atoms with Gasteiger partial charge in [-0.3, -0.25) is 0 Å². The predicted octanol–water partition coefficient (Wildman–Crippen LogP) is 6.45. The smallest absolute Gasteiger partial charge is 0.248 e. The SMILES string of the molecule is CC.CC(C)=Nc1ncc(-c2ccn3nc(NC4CC5(CNC5)C4)ncc23)cc1C.CC1CC(F)(F)C1. The fraction of sp³-hybridized carbons (Fsp3) is 0.571. The van der Waals surface area contributed by atoms with Crippen LogP contribution in [-0.2, 0) is 0 Å². The van der Waals surface area contributed by atoms with E-state index >= 15 is 0 Å². The van der Waals surface area contributed by atoms with E-state index in [-0.39, 0.29) is 18.8 Å². The summed E-state index contributed by atoms with van der Waals surface area (Å²) < 4.78 is 25.5. The molecule has 0 aromatic carbocycles. The summed E-state index contributed by atoms with van der Waals surface area (Å²) in [5, 5.41) is 11.5. The molecule has 1 saturated heterocycles. The highest BCUT2D eigenvalue weighted by molar-refractivity contribution is 5.83. The van der Waals surface area contributed by atoms with Crippen molar-refractivity contribution in [3.05, 3.63) is 36.3 Å². The lowest BCUT2D eigenvalue weighted by atomic mass is 9.62. The van der Waals surface area contributed by atoms with E-state index in [9.17, 15) is 8.78 Å². The van der Waals surface area contributed by atoms with Gasteiger partial charge in [0.1, 0.15) is 0 Å². The summed E-state index contributed by atoms with van der Waals surface area (Å²) in [6.07, 6.45) is 8.36. The van der Waals surface area contributed by atoms with E-state index in [4.69, 9.17) is 0 Å². The summed E-state index contributed by atoms with van der Waals surface area (Å²) >= 11 is 0. The number of aromatic nitrogens is 4. The number of anilines is 1. The van der Waals surface area contributed by atoms with Crippen LogP contribution in [0.3, 0.4) is 0 Å². The molecule has 2 saturated carbocycles. The van der Waals surface area contributed by atoms with Crippen LogP contribution in [0.15, 0.2) is 35.7 Å². The molecule has 9 heteroatoms. The van der Waals surface area contributed by atoms with Crippen LogP contribution in [0.1, 0.15) is 65.9 Å². The van der Waals surface area contributed by atoms with Gasteiger partial charge in [-0.15, -0.1) is 5.10 Å². The average Bonchev–Trinajstić information content (AvgIpc) is 3.19. The lowest BCUT2D eigenvalue weighted by Gasteiger charge is -2.54. The second-order valence-electron chi connectivity index (χ2n) is 10.8. The molecule has 1 aliphatic heterocycles. The molecule has 0 unspecified atom stereocenters.